The lowest BCUT2D eigenvalue weighted by atomic mass is 10.0. The second kappa shape index (κ2) is 65.2. The SMILES string of the molecule is CCCCCC/C=C\C=C/CCCCCCCC(=O)O[C@H](COC(=O)CCCCCCCCC(C)C)COP(=O)(O)OC[C@H](O)COP(=O)(O)OC[C@@H](COC(=O)CCCCCCCCCCCCCCC(C)C)OC(=O)CCCCCCCCCCCCCCC(C)C. The zero-order valence-electron chi connectivity index (χ0n) is 60.9. The molecule has 17 nitrogen and oxygen atoms in total. The molecule has 554 valence electrons. The smallest absolute Gasteiger partial charge is 0.462 e. The number of rotatable bonds is 71. The van der Waals surface area contributed by atoms with Gasteiger partial charge in [0.05, 0.1) is 26.4 Å². The minimum Gasteiger partial charge on any atom is -0.462 e. The predicted molar refractivity (Wildman–Crippen MR) is 381 cm³/mol. The summed E-state index contributed by atoms with van der Waals surface area (Å²) in [7, 11) is -9.92. The molecule has 0 aromatic heterocycles. The highest BCUT2D eigenvalue weighted by Gasteiger charge is 2.30. The minimum atomic E-state index is -4.96. The third-order valence-corrected chi connectivity index (χ3v) is 18.7. The van der Waals surface area contributed by atoms with Crippen molar-refractivity contribution in [3.8, 4) is 0 Å². The van der Waals surface area contributed by atoms with Crippen LogP contribution in [0.2, 0.25) is 0 Å². The number of hydrogen-bond acceptors (Lipinski definition) is 15. The fourth-order valence-corrected chi connectivity index (χ4v) is 12.5. The third-order valence-electron chi connectivity index (χ3n) is 16.8. The van der Waals surface area contributed by atoms with E-state index in [1.807, 2.05) is 0 Å². The Labute approximate surface area is 573 Å². The normalized spacial score (nSPS) is 14.3. The Morgan fingerprint density at radius 3 is 0.862 bits per heavy atom. The van der Waals surface area contributed by atoms with Crippen LogP contribution in [0.15, 0.2) is 24.3 Å². The first kappa shape index (κ1) is 91.5. The van der Waals surface area contributed by atoms with E-state index in [0.29, 0.717) is 31.6 Å². The average Bonchev–Trinajstić information content (AvgIpc) is 1.20. The van der Waals surface area contributed by atoms with Crippen molar-refractivity contribution in [3.63, 3.8) is 0 Å². The lowest BCUT2D eigenvalue weighted by molar-refractivity contribution is -0.161. The van der Waals surface area contributed by atoms with E-state index >= 15 is 0 Å². The lowest BCUT2D eigenvalue weighted by Crippen LogP contribution is -2.30. The molecule has 2 unspecified atom stereocenters. The van der Waals surface area contributed by atoms with Crippen LogP contribution in [0.25, 0.3) is 0 Å². The zero-order chi connectivity index (χ0) is 69.4. The molecule has 0 aliphatic heterocycles. The fraction of sp³-hybridized carbons (Fsp3) is 0.893. The number of aliphatic hydroxyl groups excluding tert-OH is 1. The van der Waals surface area contributed by atoms with Gasteiger partial charge in [-0.1, -0.05) is 304 Å². The first-order valence-corrected chi connectivity index (χ1v) is 41.2. The largest absolute Gasteiger partial charge is 0.472 e. The molecule has 0 saturated heterocycles. The quantitative estimate of drug-likeness (QED) is 0.0169. The molecule has 0 aromatic carbocycles. The molecule has 0 aliphatic rings. The van der Waals surface area contributed by atoms with Crippen LogP contribution in [0, 0.1) is 17.8 Å². The van der Waals surface area contributed by atoms with Crippen LogP contribution < -0.4 is 0 Å². The van der Waals surface area contributed by atoms with Gasteiger partial charge in [0.1, 0.15) is 19.3 Å². The maximum atomic E-state index is 13.1. The van der Waals surface area contributed by atoms with Crippen LogP contribution in [0.1, 0.15) is 357 Å². The monoisotopic (exact) mass is 1380 g/mol. The molecule has 19 heteroatoms. The standard InChI is InChI=1S/C75H142O17P2/c1-8-9-10-11-12-13-14-15-16-17-25-30-35-44-51-58-75(80)92-71(63-86-73(78)57-50-43-38-37-41-48-55-68(6)7)65-90-94(83,84)88-61-69(76)60-87-93(81,82)89-64-70(91-74(79)59-52-45-36-31-26-21-19-23-28-33-40-47-54-67(4)5)62-85-72(77)56-49-42-34-29-24-20-18-22-27-32-39-46-53-66(2)3/h13-16,66-71,76H,8-12,17-65H2,1-7H3,(H,81,82)(H,83,84)/b14-13-,16-15-/t69-,70-,71-/m1/s1. The summed E-state index contributed by atoms with van der Waals surface area (Å²) in [6.45, 7) is 11.8. The average molecular weight is 1380 g/mol. The number of unbranched alkanes of at least 4 members (excludes halogenated alkanes) is 36. The molecule has 0 amide bonds. The topological polar surface area (TPSA) is 237 Å². The van der Waals surface area contributed by atoms with Gasteiger partial charge in [-0.05, 0) is 69.1 Å². The second-order valence-electron chi connectivity index (χ2n) is 27.8. The molecule has 3 N–H and O–H groups in total. The molecule has 0 spiro atoms. The molecule has 0 fully saturated rings. The van der Waals surface area contributed by atoms with Gasteiger partial charge in [0.15, 0.2) is 12.2 Å². The zero-order valence-corrected chi connectivity index (χ0v) is 62.7. The van der Waals surface area contributed by atoms with Gasteiger partial charge in [-0.3, -0.25) is 37.3 Å². The summed E-state index contributed by atoms with van der Waals surface area (Å²) in [4.78, 5) is 72.7. The molecule has 0 bridgehead atoms. The summed E-state index contributed by atoms with van der Waals surface area (Å²) in [6, 6.07) is 0. The molecule has 5 atom stereocenters. The Balaban J connectivity index is 5.28. The molecule has 0 aromatic rings. The van der Waals surface area contributed by atoms with Crippen molar-refractivity contribution in [1.29, 1.82) is 0 Å². The van der Waals surface area contributed by atoms with Crippen molar-refractivity contribution in [1.82, 2.24) is 0 Å². The summed E-state index contributed by atoms with van der Waals surface area (Å²) in [5.41, 5.74) is 0. The van der Waals surface area contributed by atoms with Crippen molar-refractivity contribution in [3.05, 3.63) is 24.3 Å². The number of aliphatic hydroxyl groups is 1. The molecule has 0 rings (SSSR count). The number of ether oxygens (including phenoxy) is 4. The van der Waals surface area contributed by atoms with Crippen molar-refractivity contribution in [2.75, 3.05) is 39.6 Å². The van der Waals surface area contributed by atoms with E-state index in [1.54, 1.807) is 0 Å². The van der Waals surface area contributed by atoms with E-state index in [9.17, 15) is 43.2 Å². The highest BCUT2D eigenvalue weighted by Crippen LogP contribution is 2.45. The Morgan fingerprint density at radius 1 is 0.330 bits per heavy atom. The van der Waals surface area contributed by atoms with Gasteiger partial charge < -0.3 is 33.8 Å². The number of phosphoric ester groups is 2. The van der Waals surface area contributed by atoms with Crippen LogP contribution in [0.4, 0.5) is 0 Å². The van der Waals surface area contributed by atoms with Gasteiger partial charge in [0.2, 0.25) is 0 Å². The highest BCUT2D eigenvalue weighted by atomic mass is 31.2. The van der Waals surface area contributed by atoms with Gasteiger partial charge in [-0.25, -0.2) is 9.13 Å². The number of hydrogen-bond donors (Lipinski definition) is 3. The highest BCUT2D eigenvalue weighted by molar-refractivity contribution is 7.47. The Bertz CT molecular complexity index is 1930. The van der Waals surface area contributed by atoms with Crippen LogP contribution in [0.5, 0.6) is 0 Å². The minimum absolute atomic E-state index is 0.0837. The molecule has 0 heterocycles. The van der Waals surface area contributed by atoms with E-state index in [-0.39, 0.29) is 25.7 Å². The molecule has 0 radical (unpaired) electrons. The van der Waals surface area contributed by atoms with E-state index in [1.165, 1.54) is 148 Å². The van der Waals surface area contributed by atoms with Crippen molar-refractivity contribution < 1.29 is 80.2 Å². The van der Waals surface area contributed by atoms with Crippen LogP contribution >= 0.6 is 15.6 Å². The van der Waals surface area contributed by atoms with Gasteiger partial charge in [0, 0.05) is 25.7 Å². The first-order valence-electron chi connectivity index (χ1n) is 38.2. The predicted octanol–water partition coefficient (Wildman–Crippen LogP) is 21.3. The number of esters is 4. The number of carbonyl (C=O) groups excluding carboxylic acids is 4. The van der Waals surface area contributed by atoms with Crippen LogP contribution in [0.3, 0.4) is 0 Å². The number of phosphoric acid groups is 2. The molecular formula is C75H142O17P2. The van der Waals surface area contributed by atoms with Crippen molar-refractivity contribution >= 4 is 39.5 Å². The van der Waals surface area contributed by atoms with Crippen molar-refractivity contribution in [2.24, 2.45) is 17.8 Å². The van der Waals surface area contributed by atoms with Gasteiger partial charge in [0.25, 0.3) is 0 Å². The van der Waals surface area contributed by atoms with E-state index in [0.717, 1.165) is 121 Å². The van der Waals surface area contributed by atoms with Gasteiger partial charge in [-0.15, -0.1) is 0 Å². The van der Waals surface area contributed by atoms with Crippen molar-refractivity contribution in [2.45, 2.75) is 375 Å². The number of carbonyl (C=O) groups is 4. The Hall–Kier alpha value is -2.46. The fourth-order valence-electron chi connectivity index (χ4n) is 10.9. The molecular weight excluding hydrogens is 1230 g/mol. The second-order valence-corrected chi connectivity index (χ2v) is 30.7. The van der Waals surface area contributed by atoms with Gasteiger partial charge >= 0.3 is 39.5 Å². The van der Waals surface area contributed by atoms with E-state index in [2.05, 4.69) is 72.8 Å². The lowest BCUT2D eigenvalue weighted by Gasteiger charge is -2.21. The molecule has 0 saturated carbocycles. The van der Waals surface area contributed by atoms with E-state index in [4.69, 9.17) is 37.0 Å². The molecule has 94 heavy (non-hydrogen) atoms. The number of allylic oxidation sites excluding steroid dienone is 4. The maximum absolute atomic E-state index is 13.1. The third kappa shape index (κ3) is 68.1. The summed E-state index contributed by atoms with van der Waals surface area (Å²) < 4.78 is 68.4. The van der Waals surface area contributed by atoms with Crippen LogP contribution in [-0.2, 0) is 65.4 Å². The Morgan fingerprint density at radius 2 is 0.574 bits per heavy atom. The summed E-state index contributed by atoms with van der Waals surface area (Å²) in [6.07, 6.45) is 53.6. The van der Waals surface area contributed by atoms with E-state index < -0.39 is 97.5 Å². The Kier molecular flexibility index (Phi) is 63.5. The summed E-state index contributed by atoms with van der Waals surface area (Å²) in [5.74, 6) is 0.0800. The van der Waals surface area contributed by atoms with Crippen LogP contribution in [-0.4, -0.2) is 96.7 Å². The first-order chi connectivity index (χ1) is 45.2. The summed E-state index contributed by atoms with van der Waals surface area (Å²) in [5, 5.41) is 10.6. The maximum Gasteiger partial charge on any atom is 0.472 e. The summed E-state index contributed by atoms with van der Waals surface area (Å²) >= 11 is 0. The van der Waals surface area contributed by atoms with Gasteiger partial charge in [-0.2, -0.15) is 0 Å². The molecule has 0 aliphatic carbocycles.